The van der Waals surface area contributed by atoms with Crippen LogP contribution in [0.25, 0.3) is 0 Å². The zero-order chi connectivity index (χ0) is 13.8. The lowest BCUT2D eigenvalue weighted by atomic mass is 9.92. The molecule has 19 heavy (non-hydrogen) atoms. The molecular formula is C16H26N2S. The van der Waals surface area contributed by atoms with Gasteiger partial charge >= 0.3 is 0 Å². The maximum atomic E-state index is 5.82. The van der Waals surface area contributed by atoms with E-state index in [-0.39, 0.29) is 0 Å². The lowest BCUT2D eigenvalue weighted by molar-refractivity contribution is 0.471. The van der Waals surface area contributed by atoms with Gasteiger partial charge in [-0.1, -0.05) is 24.1 Å². The third kappa shape index (κ3) is 3.74. The Balaban J connectivity index is 2.13. The van der Waals surface area contributed by atoms with E-state index in [4.69, 9.17) is 5.84 Å². The second-order valence-corrected chi connectivity index (χ2v) is 7.11. The molecule has 0 aliphatic carbocycles. The van der Waals surface area contributed by atoms with Gasteiger partial charge in [-0.05, 0) is 62.5 Å². The normalized spacial score (nSPS) is 21.4. The highest BCUT2D eigenvalue weighted by Crippen LogP contribution is 2.30. The summed E-state index contributed by atoms with van der Waals surface area (Å²) in [4.78, 5) is 0. The third-order valence-corrected chi connectivity index (χ3v) is 5.66. The van der Waals surface area contributed by atoms with Crippen molar-refractivity contribution in [1.82, 2.24) is 5.43 Å². The van der Waals surface area contributed by atoms with Gasteiger partial charge in [0.15, 0.2) is 0 Å². The molecule has 1 aromatic rings. The average Bonchev–Trinajstić information content (AvgIpc) is 2.39. The van der Waals surface area contributed by atoms with E-state index < -0.39 is 0 Å². The maximum Gasteiger partial charge on any atom is 0.0369 e. The summed E-state index contributed by atoms with van der Waals surface area (Å²) in [5.74, 6) is 7.10. The predicted octanol–water partition coefficient (Wildman–Crippen LogP) is 3.27. The molecule has 1 saturated heterocycles. The van der Waals surface area contributed by atoms with E-state index >= 15 is 0 Å². The fourth-order valence-corrected chi connectivity index (χ4v) is 4.55. The number of benzene rings is 1. The minimum absolute atomic E-state index is 0.394. The molecule has 1 aliphatic heterocycles. The molecule has 0 aromatic heterocycles. The van der Waals surface area contributed by atoms with Gasteiger partial charge in [-0.25, -0.2) is 0 Å². The van der Waals surface area contributed by atoms with Crippen LogP contribution in [0.1, 0.15) is 41.5 Å². The summed E-state index contributed by atoms with van der Waals surface area (Å²) in [6, 6.07) is 4.96. The lowest BCUT2D eigenvalue weighted by Crippen LogP contribution is -2.45. The molecule has 0 radical (unpaired) electrons. The van der Waals surface area contributed by atoms with Crippen LogP contribution in [0, 0.1) is 20.8 Å². The largest absolute Gasteiger partial charge is 0.271 e. The highest BCUT2D eigenvalue weighted by atomic mass is 32.2. The van der Waals surface area contributed by atoms with Crippen LogP contribution in [0.15, 0.2) is 12.1 Å². The Morgan fingerprint density at radius 1 is 1.26 bits per heavy atom. The van der Waals surface area contributed by atoms with E-state index in [1.165, 1.54) is 47.3 Å². The monoisotopic (exact) mass is 278 g/mol. The van der Waals surface area contributed by atoms with Crippen molar-refractivity contribution in [2.45, 2.75) is 57.7 Å². The van der Waals surface area contributed by atoms with Gasteiger partial charge in [0.2, 0.25) is 0 Å². The van der Waals surface area contributed by atoms with Gasteiger partial charge in [0.05, 0.1) is 0 Å². The molecule has 106 valence electrons. The van der Waals surface area contributed by atoms with E-state index in [9.17, 15) is 0 Å². The first-order valence-electron chi connectivity index (χ1n) is 7.26. The Labute approximate surface area is 121 Å². The molecule has 0 amide bonds. The van der Waals surface area contributed by atoms with Crippen molar-refractivity contribution in [1.29, 1.82) is 0 Å². The van der Waals surface area contributed by atoms with Crippen LogP contribution in [-0.4, -0.2) is 17.0 Å². The van der Waals surface area contributed by atoms with Gasteiger partial charge in [0.25, 0.3) is 0 Å². The van der Waals surface area contributed by atoms with Gasteiger partial charge in [-0.3, -0.25) is 11.3 Å². The zero-order valence-electron chi connectivity index (χ0n) is 12.3. The molecule has 0 spiro atoms. The molecule has 3 heteroatoms. The SMILES string of the molecule is Cc1cc(C)c(CC(NN)C2CCCCS2)c(C)c1. The Kier molecular flexibility index (Phi) is 5.31. The van der Waals surface area contributed by atoms with Gasteiger partial charge in [-0.2, -0.15) is 11.8 Å². The van der Waals surface area contributed by atoms with E-state index in [1.54, 1.807) is 0 Å². The number of aryl methyl sites for hydroxylation is 3. The number of hydrazine groups is 1. The van der Waals surface area contributed by atoms with E-state index in [2.05, 4.69) is 50.1 Å². The summed E-state index contributed by atoms with van der Waals surface area (Å²) in [7, 11) is 0. The van der Waals surface area contributed by atoms with Crippen LogP contribution in [0.3, 0.4) is 0 Å². The smallest absolute Gasteiger partial charge is 0.0369 e. The third-order valence-electron chi connectivity index (χ3n) is 4.14. The van der Waals surface area contributed by atoms with Crippen molar-refractivity contribution in [3.05, 3.63) is 34.4 Å². The van der Waals surface area contributed by atoms with E-state index in [0.29, 0.717) is 11.3 Å². The van der Waals surface area contributed by atoms with Crippen molar-refractivity contribution in [2.24, 2.45) is 5.84 Å². The van der Waals surface area contributed by atoms with E-state index in [1.807, 2.05) is 0 Å². The number of nitrogens with two attached hydrogens (primary N) is 1. The quantitative estimate of drug-likeness (QED) is 0.656. The molecule has 2 unspecified atom stereocenters. The van der Waals surface area contributed by atoms with Crippen LogP contribution >= 0.6 is 11.8 Å². The molecule has 1 fully saturated rings. The fraction of sp³-hybridized carbons (Fsp3) is 0.625. The average molecular weight is 278 g/mol. The van der Waals surface area contributed by atoms with Crippen molar-refractivity contribution < 1.29 is 0 Å². The van der Waals surface area contributed by atoms with Crippen molar-refractivity contribution in [2.75, 3.05) is 5.75 Å². The van der Waals surface area contributed by atoms with Crippen molar-refractivity contribution in [3.8, 4) is 0 Å². The number of hydrogen-bond donors (Lipinski definition) is 2. The molecular weight excluding hydrogens is 252 g/mol. The molecule has 1 heterocycles. The minimum Gasteiger partial charge on any atom is -0.271 e. The van der Waals surface area contributed by atoms with Crippen molar-refractivity contribution in [3.63, 3.8) is 0 Å². The minimum atomic E-state index is 0.394. The summed E-state index contributed by atoms with van der Waals surface area (Å²) in [5.41, 5.74) is 8.69. The van der Waals surface area contributed by atoms with Crippen LogP contribution in [0.5, 0.6) is 0 Å². The van der Waals surface area contributed by atoms with Gasteiger partial charge in [0.1, 0.15) is 0 Å². The van der Waals surface area contributed by atoms with Crippen LogP contribution in [0.2, 0.25) is 0 Å². The van der Waals surface area contributed by atoms with E-state index in [0.717, 1.165) is 6.42 Å². The summed E-state index contributed by atoms with van der Waals surface area (Å²) in [5, 5.41) is 0.666. The summed E-state index contributed by atoms with van der Waals surface area (Å²) >= 11 is 2.09. The number of rotatable bonds is 4. The van der Waals surface area contributed by atoms with Crippen LogP contribution in [-0.2, 0) is 6.42 Å². The molecule has 2 rings (SSSR count). The van der Waals surface area contributed by atoms with Gasteiger partial charge < -0.3 is 0 Å². The number of hydrogen-bond acceptors (Lipinski definition) is 3. The van der Waals surface area contributed by atoms with Crippen molar-refractivity contribution >= 4 is 11.8 Å². The van der Waals surface area contributed by atoms with Crippen LogP contribution < -0.4 is 11.3 Å². The Hall–Kier alpha value is -0.510. The number of nitrogens with one attached hydrogen (secondary N) is 1. The maximum absolute atomic E-state index is 5.82. The van der Waals surface area contributed by atoms with Gasteiger partial charge in [-0.15, -0.1) is 0 Å². The first-order chi connectivity index (χ1) is 9.11. The molecule has 2 nitrogen and oxygen atoms in total. The molecule has 1 aliphatic rings. The Morgan fingerprint density at radius 2 is 1.95 bits per heavy atom. The molecule has 0 bridgehead atoms. The fourth-order valence-electron chi connectivity index (χ4n) is 3.13. The standard InChI is InChI=1S/C16H26N2S/c1-11-8-12(2)14(13(3)9-11)10-15(18-17)16-6-4-5-7-19-16/h8-9,15-16,18H,4-7,10,17H2,1-3H3. The first kappa shape index (κ1) is 14.9. The highest BCUT2D eigenvalue weighted by molar-refractivity contribution is 8.00. The van der Waals surface area contributed by atoms with Gasteiger partial charge in [0, 0.05) is 11.3 Å². The molecule has 1 aromatic carbocycles. The summed E-state index contributed by atoms with van der Waals surface area (Å²) in [6.45, 7) is 6.60. The predicted molar refractivity (Wildman–Crippen MR) is 85.6 cm³/mol. The Bertz CT molecular complexity index is 402. The topological polar surface area (TPSA) is 38.0 Å². The zero-order valence-corrected chi connectivity index (χ0v) is 13.1. The van der Waals surface area contributed by atoms with Crippen LogP contribution in [0.4, 0.5) is 0 Å². The second kappa shape index (κ2) is 6.78. The number of thioether (sulfide) groups is 1. The molecule has 2 atom stereocenters. The molecule has 0 saturated carbocycles. The summed E-state index contributed by atoms with van der Waals surface area (Å²) in [6.07, 6.45) is 5.05. The second-order valence-electron chi connectivity index (χ2n) is 5.76. The first-order valence-corrected chi connectivity index (χ1v) is 8.31. The molecule has 3 N–H and O–H groups in total. The lowest BCUT2D eigenvalue weighted by Gasteiger charge is -2.30. The summed E-state index contributed by atoms with van der Waals surface area (Å²) < 4.78 is 0. The Morgan fingerprint density at radius 3 is 2.47 bits per heavy atom. The highest BCUT2D eigenvalue weighted by Gasteiger charge is 2.24.